The number of likely N-dealkylation sites (N-methyl/N-ethyl adjacent to an activating group) is 1. The molecule has 0 unspecified atom stereocenters. The van der Waals surface area contributed by atoms with Gasteiger partial charge >= 0.3 is 0 Å². The first kappa shape index (κ1) is 19.4. The maximum absolute atomic E-state index is 12.1. The van der Waals surface area contributed by atoms with Crippen LogP contribution in [-0.4, -0.2) is 59.2 Å². The van der Waals surface area contributed by atoms with Gasteiger partial charge in [-0.3, -0.25) is 9.10 Å². The van der Waals surface area contributed by atoms with Crippen LogP contribution in [0.5, 0.6) is 0 Å². The third-order valence-electron chi connectivity index (χ3n) is 3.32. The van der Waals surface area contributed by atoms with Crippen LogP contribution in [-0.2, 0) is 14.8 Å². The number of nitrogens with zero attached hydrogens (tertiary/aromatic N) is 2. The number of carbonyl (C=O) groups is 1. The molecule has 130 valence electrons. The molecule has 6 nitrogen and oxygen atoms in total. The number of rotatable bonds is 8. The second kappa shape index (κ2) is 8.31. The van der Waals surface area contributed by atoms with E-state index in [4.69, 9.17) is 0 Å². The molecule has 0 saturated heterocycles. The van der Waals surface area contributed by atoms with Gasteiger partial charge in [-0.25, -0.2) is 8.42 Å². The van der Waals surface area contributed by atoms with Crippen molar-refractivity contribution < 1.29 is 13.2 Å². The monoisotopic (exact) mass is 341 g/mol. The largest absolute Gasteiger partial charge is 0.355 e. The Morgan fingerprint density at radius 3 is 2.13 bits per heavy atom. The Morgan fingerprint density at radius 1 is 1.09 bits per heavy atom. The summed E-state index contributed by atoms with van der Waals surface area (Å²) in [4.78, 5) is 13.8. The number of benzene rings is 1. The standard InChI is InChI=1S/C16H27N3O3S/c1-13-10-14(2)12-15(11-13)19(23(5,21)22)8-6-16(20)17-7-9-18(3)4/h10-12H,6-9H2,1-5H3,(H,17,20). The molecule has 1 N–H and O–H groups in total. The van der Waals surface area contributed by atoms with Crippen molar-refractivity contribution in [3.05, 3.63) is 29.3 Å². The van der Waals surface area contributed by atoms with Gasteiger partial charge in [-0.1, -0.05) is 6.07 Å². The van der Waals surface area contributed by atoms with Crippen molar-refractivity contribution in [1.29, 1.82) is 0 Å². The summed E-state index contributed by atoms with van der Waals surface area (Å²) >= 11 is 0. The molecular formula is C16H27N3O3S. The van der Waals surface area contributed by atoms with E-state index in [0.29, 0.717) is 12.2 Å². The second-order valence-electron chi connectivity index (χ2n) is 6.08. The molecule has 1 amide bonds. The molecule has 1 aromatic carbocycles. The number of anilines is 1. The van der Waals surface area contributed by atoms with E-state index in [1.165, 1.54) is 4.31 Å². The molecule has 0 fully saturated rings. The molecule has 0 heterocycles. The number of hydrogen-bond donors (Lipinski definition) is 1. The molecule has 0 aliphatic carbocycles. The van der Waals surface area contributed by atoms with E-state index in [-0.39, 0.29) is 18.9 Å². The van der Waals surface area contributed by atoms with Crippen molar-refractivity contribution in [3.63, 3.8) is 0 Å². The van der Waals surface area contributed by atoms with Crippen LogP contribution in [0.2, 0.25) is 0 Å². The van der Waals surface area contributed by atoms with Crippen LogP contribution in [0.3, 0.4) is 0 Å². The topological polar surface area (TPSA) is 69.7 Å². The van der Waals surface area contributed by atoms with Crippen molar-refractivity contribution in [2.45, 2.75) is 20.3 Å². The summed E-state index contributed by atoms with van der Waals surface area (Å²) in [6.45, 7) is 5.28. The van der Waals surface area contributed by atoms with Crippen LogP contribution in [0.1, 0.15) is 17.5 Å². The summed E-state index contributed by atoms with van der Waals surface area (Å²) in [6.07, 6.45) is 1.29. The highest BCUT2D eigenvalue weighted by molar-refractivity contribution is 7.92. The van der Waals surface area contributed by atoms with E-state index in [2.05, 4.69) is 5.32 Å². The summed E-state index contributed by atoms with van der Waals surface area (Å²) in [6, 6.07) is 5.62. The molecule has 0 radical (unpaired) electrons. The number of sulfonamides is 1. The fourth-order valence-electron chi connectivity index (χ4n) is 2.29. The number of amides is 1. The average molecular weight is 341 g/mol. The maximum Gasteiger partial charge on any atom is 0.232 e. The highest BCUT2D eigenvalue weighted by Crippen LogP contribution is 2.21. The van der Waals surface area contributed by atoms with E-state index in [9.17, 15) is 13.2 Å². The minimum atomic E-state index is -3.44. The smallest absolute Gasteiger partial charge is 0.232 e. The van der Waals surface area contributed by atoms with Crippen molar-refractivity contribution in [2.75, 3.05) is 44.3 Å². The first-order chi connectivity index (χ1) is 10.6. The summed E-state index contributed by atoms with van der Waals surface area (Å²) in [5.41, 5.74) is 2.58. The Labute approximate surface area is 139 Å². The summed E-state index contributed by atoms with van der Waals surface area (Å²) in [5.74, 6) is -0.148. The summed E-state index contributed by atoms with van der Waals surface area (Å²) < 4.78 is 25.4. The van der Waals surface area contributed by atoms with E-state index < -0.39 is 10.0 Å². The van der Waals surface area contributed by atoms with Crippen LogP contribution < -0.4 is 9.62 Å². The zero-order chi connectivity index (χ0) is 17.6. The van der Waals surface area contributed by atoms with Gasteiger partial charge in [0.1, 0.15) is 0 Å². The second-order valence-corrected chi connectivity index (χ2v) is 7.99. The number of carbonyl (C=O) groups excluding carboxylic acids is 1. The lowest BCUT2D eigenvalue weighted by molar-refractivity contribution is -0.120. The van der Waals surface area contributed by atoms with E-state index in [1.54, 1.807) is 0 Å². The minimum Gasteiger partial charge on any atom is -0.355 e. The third-order valence-corrected chi connectivity index (χ3v) is 4.51. The Bertz CT molecular complexity index is 622. The molecular weight excluding hydrogens is 314 g/mol. The predicted molar refractivity (Wildman–Crippen MR) is 94.3 cm³/mol. The third kappa shape index (κ3) is 7.00. The zero-order valence-corrected chi connectivity index (χ0v) is 15.4. The van der Waals surface area contributed by atoms with Gasteiger partial charge < -0.3 is 10.2 Å². The van der Waals surface area contributed by atoms with Crippen molar-refractivity contribution in [2.24, 2.45) is 0 Å². The molecule has 1 aromatic rings. The van der Waals surface area contributed by atoms with Crippen molar-refractivity contribution in [3.8, 4) is 0 Å². The van der Waals surface area contributed by atoms with Crippen LogP contribution in [0.4, 0.5) is 5.69 Å². The molecule has 0 atom stereocenters. The lowest BCUT2D eigenvalue weighted by atomic mass is 10.1. The fourth-order valence-corrected chi connectivity index (χ4v) is 3.20. The van der Waals surface area contributed by atoms with Crippen molar-refractivity contribution >= 4 is 21.6 Å². The summed E-state index contributed by atoms with van der Waals surface area (Å²) in [7, 11) is 0.420. The van der Waals surface area contributed by atoms with Crippen LogP contribution in [0.15, 0.2) is 18.2 Å². The minimum absolute atomic E-state index is 0.132. The van der Waals surface area contributed by atoms with E-state index in [1.807, 2.05) is 51.0 Å². The lowest BCUT2D eigenvalue weighted by Crippen LogP contribution is -2.36. The Kier molecular flexibility index (Phi) is 7.02. The van der Waals surface area contributed by atoms with Gasteiger partial charge in [0.15, 0.2) is 0 Å². The fraction of sp³-hybridized carbons (Fsp3) is 0.562. The molecule has 7 heteroatoms. The van der Waals surface area contributed by atoms with Crippen molar-refractivity contribution in [1.82, 2.24) is 10.2 Å². The first-order valence-corrected chi connectivity index (χ1v) is 9.42. The Balaban J connectivity index is 2.76. The normalized spacial score (nSPS) is 11.6. The molecule has 0 aliphatic heterocycles. The molecule has 1 rings (SSSR count). The van der Waals surface area contributed by atoms with Crippen LogP contribution in [0.25, 0.3) is 0 Å². The Morgan fingerprint density at radius 2 is 1.65 bits per heavy atom. The predicted octanol–water partition coefficient (Wildman–Crippen LogP) is 1.14. The van der Waals surface area contributed by atoms with Gasteiger partial charge in [0, 0.05) is 26.1 Å². The van der Waals surface area contributed by atoms with Gasteiger partial charge in [0.05, 0.1) is 11.9 Å². The number of nitrogens with one attached hydrogen (secondary N) is 1. The highest BCUT2D eigenvalue weighted by atomic mass is 32.2. The SMILES string of the molecule is Cc1cc(C)cc(N(CCC(=O)NCCN(C)C)S(C)(=O)=O)c1. The summed E-state index contributed by atoms with van der Waals surface area (Å²) in [5, 5.41) is 2.79. The van der Waals surface area contributed by atoms with Gasteiger partial charge in [-0.15, -0.1) is 0 Å². The maximum atomic E-state index is 12.1. The zero-order valence-electron chi connectivity index (χ0n) is 14.6. The quantitative estimate of drug-likeness (QED) is 0.770. The van der Waals surface area contributed by atoms with Gasteiger partial charge in [0.25, 0.3) is 0 Å². The van der Waals surface area contributed by atoms with Gasteiger partial charge in [-0.2, -0.15) is 0 Å². The van der Waals surface area contributed by atoms with Gasteiger partial charge in [-0.05, 0) is 51.2 Å². The van der Waals surface area contributed by atoms with Crippen LogP contribution >= 0.6 is 0 Å². The van der Waals surface area contributed by atoms with Crippen LogP contribution in [0, 0.1) is 13.8 Å². The van der Waals surface area contributed by atoms with E-state index >= 15 is 0 Å². The lowest BCUT2D eigenvalue weighted by Gasteiger charge is -2.23. The van der Waals surface area contributed by atoms with Gasteiger partial charge in [0.2, 0.25) is 15.9 Å². The molecule has 0 saturated carbocycles. The Hall–Kier alpha value is -1.60. The molecule has 0 aromatic heterocycles. The molecule has 0 spiro atoms. The molecule has 0 bridgehead atoms. The number of hydrogen-bond acceptors (Lipinski definition) is 4. The molecule has 23 heavy (non-hydrogen) atoms. The molecule has 0 aliphatic rings. The average Bonchev–Trinajstić information content (AvgIpc) is 2.35. The number of aryl methyl sites for hydroxylation is 2. The first-order valence-electron chi connectivity index (χ1n) is 7.57. The highest BCUT2D eigenvalue weighted by Gasteiger charge is 2.19. The van der Waals surface area contributed by atoms with E-state index in [0.717, 1.165) is 23.9 Å².